The summed E-state index contributed by atoms with van der Waals surface area (Å²) in [6.07, 6.45) is 0. The number of nitrogens with one attached hydrogen (secondary N) is 1. The van der Waals surface area contributed by atoms with E-state index in [0.717, 1.165) is 16.7 Å². The molecule has 0 unspecified atom stereocenters. The molecule has 0 aromatic heterocycles. The van der Waals surface area contributed by atoms with Gasteiger partial charge in [-0.05, 0) is 36.2 Å². The first-order chi connectivity index (χ1) is 13.4. The molecular weight excluding hydrogens is 374 g/mol. The van der Waals surface area contributed by atoms with Gasteiger partial charge in [-0.15, -0.1) is 0 Å². The van der Waals surface area contributed by atoms with Gasteiger partial charge in [-0.25, -0.2) is 17.9 Å². The number of esters is 1. The maximum Gasteiger partial charge on any atom is 0.338 e. The number of aryl methyl sites for hydroxylation is 1. The fourth-order valence-corrected chi connectivity index (χ4v) is 3.75. The number of benzene rings is 3. The number of sulfonamides is 1. The van der Waals surface area contributed by atoms with Crippen LogP contribution in [-0.4, -0.2) is 14.4 Å². The van der Waals surface area contributed by atoms with E-state index < -0.39 is 16.0 Å². The van der Waals surface area contributed by atoms with Crippen LogP contribution in [0.15, 0.2) is 83.8 Å². The highest BCUT2D eigenvalue weighted by Gasteiger charge is 2.17. The van der Waals surface area contributed by atoms with Crippen molar-refractivity contribution in [2.75, 3.05) is 0 Å². The fourth-order valence-electron chi connectivity index (χ4n) is 2.68. The second-order valence-corrected chi connectivity index (χ2v) is 8.17. The molecule has 144 valence electrons. The van der Waals surface area contributed by atoms with Crippen molar-refractivity contribution >= 4 is 16.0 Å². The summed E-state index contributed by atoms with van der Waals surface area (Å²) in [5, 5.41) is 0. The second-order valence-electron chi connectivity index (χ2n) is 6.40. The molecule has 0 radical (unpaired) electrons. The van der Waals surface area contributed by atoms with Gasteiger partial charge in [0.1, 0.15) is 6.61 Å². The maximum atomic E-state index is 12.5. The lowest BCUT2D eigenvalue weighted by molar-refractivity contribution is 0.0472. The number of ether oxygens (including phenoxy) is 1. The standard InChI is InChI=1S/C22H21NO4S/c1-17-7-5-10-19(13-17)16-27-22(24)20-11-6-12-21(14-20)28(25,26)23-15-18-8-3-2-4-9-18/h2-14,23H,15-16H2,1H3. The molecule has 0 heterocycles. The van der Waals surface area contributed by atoms with Gasteiger partial charge in [-0.2, -0.15) is 0 Å². The Morgan fingerprint density at radius 3 is 2.36 bits per heavy atom. The molecule has 0 saturated carbocycles. The summed E-state index contributed by atoms with van der Waals surface area (Å²) in [7, 11) is -3.74. The molecule has 0 spiro atoms. The summed E-state index contributed by atoms with van der Waals surface area (Å²) < 4.78 is 32.9. The van der Waals surface area contributed by atoms with Gasteiger partial charge >= 0.3 is 5.97 Å². The molecule has 0 saturated heterocycles. The number of hydrogen-bond donors (Lipinski definition) is 1. The zero-order valence-corrected chi connectivity index (χ0v) is 16.3. The molecule has 0 aliphatic carbocycles. The molecule has 28 heavy (non-hydrogen) atoms. The van der Waals surface area contributed by atoms with E-state index in [1.54, 1.807) is 0 Å². The SMILES string of the molecule is Cc1cccc(COC(=O)c2cccc(S(=O)(=O)NCc3ccccc3)c2)c1. The van der Waals surface area contributed by atoms with Crippen LogP contribution >= 0.6 is 0 Å². The van der Waals surface area contributed by atoms with Crippen molar-refractivity contribution in [2.24, 2.45) is 0 Å². The van der Waals surface area contributed by atoms with Gasteiger partial charge < -0.3 is 4.74 Å². The van der Waals surface area contributed by atoms with Crippen molar-refractivity contribution in [3.63, 3.8) is 0 Å². The third-order valence-electron chi connectivity index (χ3n) is 4.14. The van der Waals surface area contributed by atoms with Crippen LogP contribution in [0.25, 0.3) is 0 Å². The first kappa shape index (κ1) is 19.8. The van der Waals surface area contributed by atoms with Crippen molar-refractivity contribution in [3.05, 3.63) is 101 Å². The molecule has 0 bridgehead atoms. The lowest BCUT2D eigenvalue weighted by Gasteiger charge is -2.09. The third-order valence-corrected chi connectivity index (χ3v) is 5.54. The molecular formula is C22H21NO4S. The monoisotopic (exact) mass is 395 g/mol. The molecule has 3 aromatic rings. The summed E-state index contributed by atoms with van der Waals surface area (Å²) in [5.41, 5.74) is 2.99. The smallest absolute Gasteiger partial charge is 0.338 e. The van der Waals surface area contributed by atoms with E-state index in [1.165, 1.54) is 24.3 Å². The molecule has 0 atom stereocenters. The van der Waals surface area contributed by atoms with Gasteiger partial charge in [0.25, 0.3) is 0 Å². The first-order valence-corrected chi connectivity index (χ1v) is 10.3. The van der Waals surface area contributed by atoms with E-state index in [9.17, 15) is 13.2 Å². The van der Waals surface area contributed by atoms with E-state index >= 15 is 0 Å². The molecule has 3 aromatic carbocycles. The highest BCUT2D eigenvalue weighted by Crippen LogP contribution is 2.14. The quantitative estimate of drug-likeness (QED) is 0.617. The van der Waals surface area contributed by atoms with Crippen LogP contribution in [0.5, 0.6) is 0 Å². The van der Waals surface area contributed by atoms with Gasteiger partial charge in [0.15, 0.2) is 0 Å². The van der Waals surface area contributed by atoms with E-state index in [2.05, 4.69) is 4.72 Å². The second kappa shape index (κ2) is 8.82. The highest BCUT2D eigenvalue weighted by molar-refractivity contribution is 7.89. The molecule has 0 aliphatic rings. The van der Waals surface area contributed by atoms with E-state index in [-0.39, 0.29) is 23.6 Å². The van der Waals surface area contributed by atoms with Crippen molar-refractivity contribution in [1.29, 1.82) is 0 Å². The minimum absolute atomic E-state index is 0.0217. The Kier molecular flexibility index (Phi) is 6.23. The summed E-state index contributed by atoms with van der Waals surface area (Å²) in [4.78, 5) is 12.3. The minimum atomic E-state index is -3.74. The van der Waals surface area contributed by atoms with Crippen LogP contribution in [0.4, 0.5) is 0 Å². The summed E-state index contributed by atoms with van der Waals surface area (Å²) in [5.74, 6) is -0.568. The van der Waals surface area contributed by atoms with Crippen LogP contribution in [-0.2, 0) is 27.9 Å². The van der Waals surface area contributed by atoms with Crippen molar-refractivity contribution < 1.29 is 17.9 Å². The van der Waals surface area contributed by atoms with Gasteiger partial charge in [0.05, 0.1) is 10.5 Å². The van der Waals surface area contributed by atoms with Crippen LogP contribution in [0.1, 0.15) is 27.0 Å². The normalized spacial score (nSPS) is 11.2. The van der Waals surface area contributed by atoms with Crippen LogP contribution in [0.3, 0.4) is 0 Å². The zero-order chi connectivity index (χ0) is 20.0. The fraction of sp³-hybridized carbons (Fsp3) is 0.136. The summed E-state index contributed by atoms with van der Waals surface area (Å²) in [6.45, 7) is 2.26. The third kappa shape index (κ3) is 5.28. The number of hydrogen-bond acceptors (Lipinski definition) is 4. The molecule has 3 rings (SSSR count). The predicted octanol–water partition coefficient (Wildman–Crippen LogP) is 3.83. The Morgan fingerprint density at radius 2 is 1.61 bits per heavy atom. The zero-order valence-electron chi connectivity index (χ0n) is 15.5. The molecule has 5 nitrogen and oxygen atoms in total. The Labute approximate surface area is 165 Å². The summed E-state index contributed by atoms with van der Waals surface area (Å²) >= 11 is 0. The Morgan fingerprint density at radius 1 is 0.893 bits per heavy atom. The molecule has 0 aliphatic heterocycles. The van der Waals surface area contributed by atoms with Crippen LogP contribution < -0.4 is 4.72 Å². The lowest BCUT2D eigenvalue weighted by atomic mass is 10.1. The van der Waals surface area contributed by atoms with Gasteiger partial charge in [0, 0.05) is 6.54 Å². The van der Waals surface area contributed by atoms with Gasteiger partial charge in [-0.3, -0.25) is 0 Å². The van der Waals surface area contributed by atoms with Gasteiger partial charge in [0.2, 0.25) is 10.0 Å². The number of rotatable bonds is 7. The van der Waals surface area contributed by atoms with Crippen LogP contribution in [0, 0.1) is 6.92 Å². The van der Waals surface area contributed by atoms with Crippen molar-refractivity contribution in [1.82, 2.24) is 4.72 Å². The largest absolute Gasteiger partial charge is 0.457 e. The van der Waals surface area contributed by atoms with Gasteiger partial charge in [-0.1, -0.05) is 66.2 Å². The maximum absolute atomic E-state index is 12.5. The molecule has 1 N–H and O–H groups in total. The molecule has 0 fully saturated rings. The van der Waals surface area contributed by atoms with Crippen molar-refractivity contribution in [3.8, 4) is 0 Å². The van der Waals surface area contributed by atoms with E-state index in [0.29, 0.717) is 0 Å². The Balaban J connectivity index is 1.67. The van der Waals surface area contributed by atoms with Crippen molar-refractivity contribution in [2.45, 2.75) is 25.0 Å². The Bertz CT molecular complexity index is 1060. The lowest BCUT2D eigenvalue weighted by Crippen LogP contribution is -2.23. The molecule has 0 amide bonds. The first-order valence-electron chi connectivity index (χ1n) is 8.80. The topological polar surface area (TPSA) is 72.5 Å². The minimum Gasteiger partial charge on any atom is -0.457 e. The van der Waals surface area contributed by atoms with E-state index in [1.807, 2.05) is 61.5 Å². The average Bonchev–Trinajstić information content (AvgIpc) is 2.71. The number of carbonyl (C=O) groups excluding carboxylic acids is 1. The molecule has 6 heteroatoms. The summed E-state index contributed by atoms with van der Waals surface area (Å²) in [6, 6.07) is 22.7. The van der Waals surface area contributed by atoms with Crippen LogP contribution in [0.2, 0.25) is 0 Å². The van der Waals surface area contributed by atoms with E-state index in [4.69, 9.17) is 4.74 Å². The predicted molar refractivity (Wildman–Crippen MR) is 107 cm³/mol. The highest BCUT2D eigenvalue weighted by atomic mass is 32.2. The number of carbonyl (C=O) groups is 1. The average molecular weight is 395 g/mol. The Hall–Kier alpha value is -2.96.